The molecule has 1 saturated heterocycles. The fourth-order valence-corrected chi connectivity index (χ4v) is 4.06. The zero-order chi connectivity index (χ0) is 14.8. The van der Waals surface area contributed by atoms with Crippen LogP contribution in [0.25, 0.3) is 0 Å². The molecule has 4 rings (SSSR count). The van der Waals surface area contributed by atoms with Crippen LogP contribution in [0.3, 0.4) is 0 Å². The van der Waals surface area contributed by atoms with Crippen LogP contribution < -0.4 is 5.32 Å². The Labute approximate surface area is 132 Å². The number of hydrogen-bond donors (Lipinski definition) is 1. The first-order valence-corrected chi connectivity index (χ1v) is 8.26. The second kappa shape index (κ2) is 5.82. The van der Waals surface area contributed by atoms with Gasteiger partial charge in [-0.05, 0) is 48.7 Å². The minimum atomic E-state index is 0.252. The molecule has 1 fully saturated rings. The molecule has 3 heteroatoms. The lowest BCUT2D eigenvalue weighted by Gasteiger charge is -2.40. The molecule has 114 valence electrons. The molecule has 2 aromatic rings. The van der Waals surface area contributed by atoms with Crippen molar-refractivity contribution >= 4 is 0 Å². The van der Waals surface area contributed by atoms with E-state index in [1.165, 1.54) is 29.5 Å². The topological polar surface area (TPSA) is 28.2 Å². The van der Waals surface area contributed by atoms with Crippen LogP contribution in [0.4, 0.5) is 0 Å². The first-order chi connectivity index (χ1) is 10.9. The monoisotopic (exact) mass is 293 g/mol. The van der Waals surface area contributed by atoms with E-state index in [2.05, 4.69) is 57.8 Å². The molecule has 0 aliphatic carbocycles. The van der Waals surface area contributed by atoms with Gasteiger partial charge in [0.05, 0.1) is 0 Å². The van der Waals surface area contributed by atoms with Gasteiger partial charge >= 0.3 is 0 Å². The predicted molar refractivity (Wildman–Crippen MR) is 88.6 cm³/mol. The van der Waals surface area contributed by atoms with Crippen LogP contribution >= 0.6 is 0 Å². The van der Waals surface area contributed by atoms with Crippen molar-refractivity contribution in [3.63, 3.8) is 0 Å². The third-order valence-electron chi connectivity index (χ3n) is 5.27. The minimum absolute atomic E-state index is 0.252. The second-order valence-corrected chi connectivity index (χ2v) is 6.69. The molecule has 0 saturated carbocycles. The van der Waals surface area contributed by atoms with Gasteiger partial charge in [0.15, 0.2) is 0 Å². The predicted octanol–water partition coefficient (Wildman–Crippen LogP) is 2.72. The van der Waals surface area contributed by atoms with E-state index in [4.69, 9.17) is 0 Å². The summed E-state index contributed by atoms with van der Waals surface area (Å²) in [6.07, 6.45) is 6.36. The number of piperidine rings is 1. The summed E-state index contributed by atoms with van der Waals surface area (Å²) < 4.78 is 0. The third kappa shape index (κ3) is 2.55. The standard InChI is InChI=1S/C19H23N3/c1-2-5-17-14-22(13-16(17)4-1)15-19(7-10-20-11-8-19)18-6-3-9-21-12-18/h1-6,9,12,20H,7-8,10-11,13-15H2. The highest BCUT2D eigenvalue weighted by molar-refractivity contribution is 5.31. The van der Waals surface area contributed by atoms with Crippen molar-refractivity contribution in [3.8, 4) is 0 Å². The van der Waals surface area contributed by atoms with E-state index >= 15 is 0 Å². The van der Waals surface area contributed by atoms with Gasteiger partial charge in [0.25, 0.3) is 0 Å². The van der Waals surface area contributed by atoms with Crippen LogP contribution in [0.1, 0.15) is 29.5 Å². The number of nitrogens with one attached hydrogen (secondary N) is 1. The maximum absolute atomic E-state index is 4.38. The average Bonchev–Trinajstić information content (AvgIpc) is 2.98. The normalized spacial score (nSPS) is 20.7. The lowest BCUT2D eigenvalue weighted by atomic mass is 9.73. The lowest BCUT2D eigenvalue weighted by Crippen LogP contribution is -2.46. The third-order valence-corrected chi connectivity index (χ3v) is 5.27. The van der Waals surface area contributed by atoms with Crippen molar-refractivity contribution in [2.24, 2.45) is 0 Å². The Bertz CT molecular complexity index is 607. The van der Waals surface area contributed by atoms with Gasteiger partial charge < -0.3 is 5.32 Å². The molecule has 0 unspecified atom stereocenters. The van der Waals surface area contributed by atoms with E-state index in [1.54, 1.807) is 0 Å². The number of nitrogens with zero attached hydrogens (tertiary/aromatic N) is 2. The van der Waals surface area contributed by atoms with Crippen LogP contribution in [-0.2, 0) is 18.5 Å². The van der Waals surface area contributed by atoms with Crippen LogP contribution in [0.2, 0.25) is 0 Å². The molecule has 1 aromatic carbocycles. The molecular formula is C19H23N3. The second-order valence-electron chi connectivity index (χ2n) is 6.69. The number of aromatic nitrogens is 1. The Morgan fingerprint density at radius 2 is 1.73 bits per heavy atom. The summed E-state index contributed by atoms with van der Waals surface area (Å²) in [6.45, 7) is 5.53. The summed E-state index contributed by atoms with van der Waals surface area (Å²) >= 11 is 0. The largest absolute Gasteiger partial charge is 0.317 e. The summed E-state index contributed by atoms with van der Waals surface area (Å²) in [5.41, 5.74) is 4.66. The molecule has 0 amide bonds. The smallest absolute Gasteiger partial charge is 0.0306 e. The van der Waals surface area contributed by atoms with Gasteiger partial charge in [-0.2, -0.15) is 0 Å². The summed E-state index contributed by atoms with van der Waals surface area (Å²) in [4.78, 5) is 6.99. The zero-order valence-corrected chi connectivity index (χ0v) is 13.0. The summed E-state index contributed by atoms with van der Waals surface area (Å²) in [5.74, 6) is 0. The van der Waals surface area contributed by atoms with Crippen molar-refractivity contribution < 1.29 is 0 Å². The molecule has 22 heavy (non-hydrogen) atoms. The van der Waals surface area contributed by atoms with Gasteiger partial charge in [-0.25, -0.2) is 0 Å². The first-order valence-electron chi connectivity index (χ1n) is 8.26. The van der Waals surface area contributed by atoms with Crippen molar-refractivity contribution in [2.45, 2.75) is 31.3 Å². The van der Waals surface area contributed by atoms with Crippen molar-refractivity contribution in [2.75, 3.05) is 19.6 Å². The van der Waals surface area contributed by atoms with Crippen molar-refractivity contribution in [1.29, 1.82) is 0 Å². The Morgan fingerprint density at radius 1 is 1.00 bits per heavy atom. The van der Waals surface area contributed by atoms with Gasteiger partial charge in [0.2, 0.25) is 0 Å². The summed E-state index contributed by atoms with van der Waals surface area (Å²) in [5, 5.41) is 3.51. The highest BCUT2D eigenvalue weighted by Gasteiger charge is 2.37. The number of rotatable bonds is 3. The summed E-state index contributed by atoms with van der Waals surface area (Å²) in [6, 6.07) is 13.2. The Morgan fingerprint density at radius 3 is 2.36 bits per heavy atom. The van der Waals surface area contributed by atoms with Crippen LogP contribution in [0, 0.1) is 0 Å². The average molecular weight is 293 g/mol. The van der Waals surface area contributed by atoms with E-state index in [-0.39, 0.29) is 5.41 Å². The van der Waals surface area contributed by atoms with Crippen LogP contribution in [0.5, 0.6) is 0 Å². The Hall–Kier alpha value is -1.71. The molecule has 3 nitrogen and oxygen atoms in total. The van der Waals surface area contributed by atoms with Crippen molar-refractivity contribution in [1.82, 2.24) is 15.2 Å². The minimum Gasteiger partial charge on any atom is -0.317 e. The van der Waals surface area contributed by atoms with E-state index in [1.807, 2.05) is 6.20 Å². The molecule has 1 N–H and O–H groups in total. The SMILES string of the molecule is c1cncc(C2(CN3Cc4ccccc4C3)CCNCC2)c1. The highest BCUT2D eigenvalue weighted by atomic mass is 15.1. The molecule has 0 bridgehead atoms. The fourth-order valence-electron chi connectivity index (χ4n) is 4.06. The zero-order valence-electron chi connectivity index (χ0n) is 13.0. The van der Waals surface area contributed by atoms with Gasteiger partial charge in [-0.15, -0.1) is 0 Å². The van der Waals surface area contributed by atoms with Gasteiger partial charge in [-0.3, -0.25) is 9.88 Å². The molecule has 2 aliphatic heterocycles. The molecule has 0 atom stereocenters. The summed E-state index contributed by atoms with van der Waals surface area (Å²) in [7, 11) is 0. The van der Waals surface area contributed by atoms with Crippen LogP contribution in [-0.4, -0.2) is 29.5 Å². The van der Waals surface area contributed by atoms with Gasteiger partial charge in [0.1, 0.15) is 0 Å². The molecule has 0 spiro atoms. The molecule has 0 radical (unpaired) electrons. The Balaban J connectivity index is 1.58. The lowest BCUT2D eigenvalue weighted by molar-refractivity contribution is 0.174. The molecular weight excluding hydrogens is 270 g/mol. The van der Waals surface area contributed by atoms with Crippen molar-refractivity contribution in [3.05, 3.63) is 65.5 Å². The molecule has 3 heterocycles. The molecule has 1 aromatic heterocycles. The van der Waals surface area contributed by atoms with E-state index in [0.29, 0.717) is 0 Å². The van der Waals surface area contributed by atoms with E-state index < -0.39 is 0 Å². The quantitative estimate of drug-likeness (QED) is 0.943. The Kier molecular flexibility index (Phi) is 3.68. The highest BCUT2D eigenvalue weighted by Crippen LogP contribution is 2.36. The fraction of sp³-hybridized carbons (Fsp3) is 0.421. The number of hydrogen-bond acceptors (Lipinski definition) is 3. The maximum atomic E-state index is 4.38. The van der Waals surface area contributed by atoms with Gasteiger partial charge in [0, 0.05) is 37.4 Å². The molecule has 2 aliphatic rings. The number of fused-ring (bicyclic) bond motifs is 1. The maximum Gasteiger partial charge on any atom is 0.0306 e. The number of pyridine rings is 1. The van der Waals surface area contributed by atoms with E-state index in [0.717, 1.165) is 32.7 Å². The first kappa shape index (κ1) is 13.9. The van der Waals surface area contributed by atoms with Crippen LogP contribution in [0.15, 0.2) is 48.8 Å². The number of benzene rings is 1. The van der Waals surface area contributed by atoms with E-state index in [9.17, 15) is 0 Å². The van der Waals surface area contributed by atoms with Gasteiger partial charge in [-0.1, -0.05) is 30.3 Å².